The van der Waals surface area contributed by atoms with Gasteiger partial charge in [0.1, 0.15) is 5.41 Å². The summed E-state index contributed by atoms with van der Waals surface area (Å²) in [4.78, 5) is 32.2. The third kappa shape index (κ3) is 5.53. The molecule has 1 atom stereocenters. The zero-order chi connectivity index (χ0) is 25.1. The largest absolute Gasteiger partial charge is 0.369 e. The first kappa shape index (κ1) is 29.5. The van der Waals surface area contributed by atoms with Crippen molar-refractivity contribution in [2.45, 2.75) is 25.7 Å². The van der Waals surface area contributed by atoms with E-state index in [1.54, 1.807) is 0 Å². The Morgan fingerprint density at radius 1 is 0.895 bits per heavy atom. The van der Waals surface area contributed by atoms with Crippen molar-refractivity contribution in [3.63, 3.8) is 0 Å². The second-order valence-corrected chi connectivity index (χ2v) is 9.65. The minimum atomic E-state index is -0.655. The molecule has 0 aromatic heterocycles. The van der Waals surface area contributed by atoms with Gasteiger partial charge in [-0.05, 0) is 55.3 Å². The van der Waals surface area contributed by atoms with E-state index in [4.69, 9.17) is 0 Å². The van der Waals surface area contributed by atoms with Gasteiger partial charge < -0.3 is 15.1 Å². The monoisotopic (exact) mass is 554 g/mol. The predicted octanol–water partition coefficient (Wildman–Crippen LogP) is 5.35. The van der Waals surface area contributed by atoms with E-state index >= 15 is 0 Å². The van der Waals surface area contributed by atoms with Crippen molar-refractivity contribution in [1.82, 2.24) is 4.90 Å². The number of benzene rings is 3. The fourth-order valence-electron chi connectivity index (χ4n) is 5.77. The molecule has 2 amide bonds. The number of piperazine rings is 1. The van der Waals surface area contributed by atoms with Gasteiger partial charge in [0, 0.05) is 56.7 Å². The molecule has 2 aliphatic heterocycles. The van der Waals surface area contributed by atoms with Gasteiger partial charge in [0.15, 0.2) is 0 Å². The molecular weight excluding hydrogens is 519 g/mol. The molecule has 8 heteroatoms. The molecule has 3 aromatic carbocycles. The smallest absolute Gasteiger partial charge is 0.242 e. The maximum absolute atomic E-state index is 14.0. The summed E-state index contributed by atoms with van der Waals surface area (Å²) in [5, 5.41) is 2.87. The summed E-state index contributed by atoms with van der Waals surface area (Å²) in [7, 11) is 0. The van der Waals surface area contributed by atoms with Crippen LogP contribution in [0.15, 0.2) is 78.9 Å². The highest BCUT2D eigenvalue weighted by molar-refractivity contribution is 6.10. The molecule has 0 radical (unpaired) electrons. The van der Waals surface area contributed by atoms with Gasteiger partial charge in [-0.3, -0.25) is 14.5 Å². The van der Waals surface area contributed by atoms with E-state index in [9.17, 15) is 9.59 Å². The number of anilines is 3. The summed E-state index contributed by atoms with van der Waals surface area (Å²) in [5.41, 5.74) is 4.53. The first-order valence-electron chi connectivity index (χ1n) is 12.8. The van der Waals surface area contributed by atoms with Crippen LogP contribution in [0.1, 0.15) is 31.4 Å². The highest BCUT2D eigenvalue weighted by Gasteiger charge is 2.51. The molecule has 3 aromatic rings. The Balaban J connectivity index is 0.00000200. The number of nitrogens with one attached hydrogen (secondary N) is 1. The molecule has 0 spiro atoms. The Bertz CT molecular complexity index is 1250. The van der Waals surface area contributed by atoms with E-state index < -0.39 is 5.41 Å². The number of fused-ring (bicyclic) bond motifs is 1. The third-order valence-electron chi connectivity index (χ3n) is 7.55. The number of nitrogens with zero attached hydrogens (tertiary/aromatic N) is 3. The van der Waals surface area contributed by atoms with Crippen molar-refractivity contribution < 1.29 is 9.59 Å². The highest BCUT2D eigenvalue weighted by Crippen LogP contribution is 2.48. The molecule has 1 saturated heterocycles. The number of para-hydroxylation sites is 1. The zero-order valence-corrected chi connectivity index (χ0v) is 23.6. The van der Waals surface area contributed by atoms with Gasteiger partial charge in [-0.2, -0.15) is 0 Å². The average molecular weight is 556 g/mol. The molecule has 1 fully saturated rings. The molecule has 6 nitrogen and oxygen atoms in total. The van der Waals surface area contributed by atoms with Crippen molar-refractivity contribution >= 4 is 53.7 Å². The van der Waals surface area contributed by atoms with Gasteiger partial charge in [0.2, 0.25) is 11.8 Å². The highest BCUT2D eigenvalue weighted by atomic mass is 35.5. The Morgan fingerprint density at radius 2 is 1.58 bits per heavy atom. The SMILES string of the molecule is CCN1C(=O)C(CCN2CCN(c3cccc(NC(C)=O)c3)CC2)(c2ccccc2)c2ccccc21.Cl.Cl. The molecule has 0 aliphatic carbocycles. The fourth-order valence-corrected chi connectivity index (χ4v) is 5.77. The molecule has 38 heavy (non-hydrogen) atoms. The van der Waals surface area contributed by atoms with E-state index in [0.717, 1.165) is 67.3 Å². The third-order valence-corrected chi connectivity index (χ3v) is 7.55. The lowest BCUT2D eigenvalue weighted by atomic mass is 9.72. The van der Waals surface area contributed by atoms with Crippen LogP contribution in [-0.2, 0) is 15.0 Å². The minimum absolute atomic E-state index is 0. The molecule has 1 N–H and O–H groups in total. The van der Waals surface area contributed by atoms with Crippen LogP contribution in [0, 0.1) is 0 Å². The number of halogens is 2. The number of rotatable bonds is 7. The zero-order valence-electron chi connectivity index (χ0n) is 21.9. The van der Waals surface area contributed by atoms with Gasteiger partial charge >= 0.3 is 0 Å². The fraction of sp³-hybridized carbons (Fsp3) is 0.333. The number of carbonyl (C=O) groups is 2. The van der Waals surface area contributed by atoms with E-state index in [2.05, 4.69) is 58.4 Å². The Morgan fingerprint density at radius 3 is 2.26 bits per heavy atom. The van der Waals surface area contributed by atoms with Crippen LogP contribution in [0.5, 0.6) is 0 Å². The Kier molecular flexibility index (Phi) is 9.82. The maximum atomic E-state index is 14.0. The number of hydrogen-bond donors (Lipinski definition) is 1. The standard InChI is InChI=1S/C30H34N4O2.2ClH/c1-3-34-28-15-8-7-14-27(28)30(29(34)36,24-10-5-4-6-11-24)16-17-32-18-20-33(21-19-32)26-13-9-12-25(22-26)31-23(2)35;;/h4-15,22H,3,16-21H2,1-2H3,(H,31,35);2*1H. The first-order chi connectivity index (χ1) is 17.5. The van der Waals surface area contributed by atoms with E-state index in [1.807, 2.05) is 47.4 Å². The number of hydrogen-bond acceptors (Lipinski definition) is 4. The van der Waals surface area contributed by atoms with Crippen molar-refractivity contribution in [3.05, 3.63) is 90.0 Å². The summed E-state index contributed by atoms with van der Waals surface area (Å²) in [6.45, 7) is 8.79. The normalized spacial score (nSPS) is 18.8. The van der Waals surface area contributed by atoms with Gasteiger partial charge in [0.05, 0.1) is 0 Å². The van der Waals surface area contributed by atoms with Gasteiger partial charge in [-0.1, -0.05) is 54.6 Å². The average Bonchev–Trinajstić information content (AvgIpc) is 3.15. The van der Waals surface area contributed by atoms with Crippen LogP contribution < -0.4 is 15.1 Å². The lowest BCUT2D eigenvalue weighted by Gasteiger charge is -2.38. The van der Waals surface area contributed by atoms with Crippen LogP contribution in [0.25, 0.3) is 0 Å². The number of carbonyl (C=O) groups excluding carboxylic acids is 2. The van der Waals surface area contributed by atoms with Crippen molar-refractivity contribution in [1.29, 1.82) is 0 Å². The van der Waals surface area contributed by atoms with E-state index in [1.165, 1.54) is 6.92 Å². The van der Waals surface area contributed by atoms with Crippen molar-refractivity contribution in [2.75, 3.05) is 54.4 Å². The molecule has 2 aliphatic rings. The molecule has 202 valence electrons. The van der Waals surface area contributed by atoms with Crippen LogP contribution in [0.4, 0.5) is 17.1 Å². The van der Waals surface area contributed by atoms with Gasteiger partial charge in [-0.15, -0.1) is 24.8 Å². The number of amides is 2. The van der Waals surface area contributed by atoms with Crippen LogP contribution in [-0.4, -0.2) is 56.0 Å². The maximum Gasteiger partial charge on any atom is 0.242 e. The molecule has 0 bridgehead atoms. The molecular formula is C30H36Cl2N4O2. The summed E-state index contributed by atoms with van der Waals surface area (Å²) in [5.74, 6) is 0.125. The number of likely N-dealkylation sites (N-methyl/N-ethyl adjacent to an activating group) is 1. The predicted molar refractivity (Wildman–Crippen MR) is 160 cm³/mol. The molecule has 5 rings (SSSR count). The van der Waals surface area contributed by atoms with Crippen LogP contribution >= 0.6 is 24.8 Å². The molecule has 2 heterocycles. The summed E-state index contributed by atoms with van der Waals surface area (Å²) in [6.07, 6.45) is 0.751. The van der Waals surface area contributed by atoms with E-state index in [0.29, 0.717) is 6.54 Å². The Hall–Kier alpha value is -3.06. The molecule has 0 saturated carbocycles. The van der Waals surface area contributed by atoms with Crippen LogP contribution in [0.2, 0.25) is 0 Å². The second-order valence-electron chi connectivity index (χ2n) is 9.65. The molecule has 1 unspecified atom stereocenters. The summed E-state index contributed by atoms with van der Waals surface area (Å²) in [6, 6.07) is 26.6. The van der Waals surface area contributed by atoms with Crippen LogP contribution in [0.3, 0.4) is 0 Å². The summed E-state index contributed by atoms with van der Waals surface area (Å²) >= 11 is 0. The van der Waals surface area contributed by atoms with Crippen molar-refractivity contribution in [2.24, 2.45) is 0 Å². The lowest BCUT2D eigenvalue weighted by Crippen LogP contribution is -2.49. The first-order valence-corrected chi connectivity index (χ1v) is 12.8. The minimum Gasteiger partial charge on any atom is -0.369 e. The lowest BCUT2D eigenvalue weighted by molar-refractivity contribution is -0.122. The van der Waals surface area contributed by atoms with Gasteiger partial charge in [0.25, 0.3) is 0 Å². The Labute approximate surface area is 237 Å². The topological polar surface area (TPSA) is 55.9 Å². The van der Waals surface area contributed by atoms with Gasteiger partial charge in [-0.25, -0.2) is 0 Å². The van der Waals surface area contributed by atoms with E-state index in [-0.39, 0.29) is 36.6 Å². The summed E-state index contributed by atoms with van der Waals surface area (Å²) < 4.78 is 0. The van der Waals surface area contributed by atoms with Crippen molar-refractivity contribution in [3.8, 4) is 0 Å². The second kappa shape index (κ2) is 12.7. The quantitative estimate of drug-likeness (QED) is 0.427.